The maximum absolute atomic E-state index is 12.7. The Hall–Kier alpha value is -3.04. The van der Waals surface area contributed by atoms with Crippen molar-refractivity contribution >= 4 is 35.4 Å². The van der Waals surface area contributed by atoms with Crippen molar-refractivity contribution in [2.24, 2.45) is 17.6 Å². The highest BCUT2D eigenvalue weighted by molar-refractivity contribution is 6.12. The third-order valence-electron chi connectivity index (χ3n) is 5.61. The lowest BCUT2D eigenvalue weighted by Crippen LogP contribution is -2.45. The first-order valence-corrected chi connectivity index (χ1v) is 11.4. The second kappa shape index (κ2) is 14.2. The summed E-state index contributed by atoms with van der Waals surface area (Å²) in [6, 6.07) is -1.09. The Morgan fingerprint density at radius 2 is 1.58 bits per heavy atom. The Kier molecular flexibility index (Phi) is 12.0. The highest BCUT2D eigenvalue weighted by Crippen LogP contribution is 2.19. The summed E-state index contributed by atoms with van der Waals surface area (Å²) in [5, 5.41) is 11.9. The fraction of sp³-hybridized carbons (Fsp3) is 0.652. The van der Waals surface area contributed by atoms with E-state index in [0.717, 1.165) is 4.90 Å². The van der Waals surface area contributed by atoms with Crippen LogP contribution in [0.4, 0.5) is 0 Å². The van der Waals surface area contributed by atoms with Gasteiger partial charge in [-0.15, -0.1) is 0 Å². The van der Waals surface area contributed by atoms with Crippen LogP contribution in [0.3, 0.4) is 0 Å². The molecule has 0 saturated heterocycles. The third kappa shape index (κ3) is 10.4. The number of aliphatic carboxylic acids is 1. The highest BCUT2D eigenvalue weighted by atomic mass is 16.4. The molecule has 0 spiro atoms. The summed E-state index contributed by atoms with van der Waals surface area (Å²) in [6.45, 7) is 3.92. The molecular formula is C23H35N3O7. The van der Waals surface area contributed by atoms with Crippen LogP contribution in [0.25, 0.3) is 0 Å². The lowest BCUT2D eigenvalue weighted by atomic mass is 9.88. The number of carbonyl (C=O) groups is 6. The van der Waals surface area contributed by atoms with Crippen LogP contribution in [0.1, 0.15) is 71.6 Å². The van der Waals surface area contributed by atoms with Gasteiger partial charge in [-0.1, -0.05) is 26.7 Å². The van der Waals surface area contributed by atoms with Gasteiger partial charge in [-0.25, -0.2) is 4.79 Å². The average Bonchev–Trinajstić information content (AvgIpc) is 3.05. The number of carbonyl (C=O) groups excluding carboxylic acids is 5. The number of carboxylic acid groups (broad SMARTS) is 1. The quantitative estimate of drug-likeness (QED) is 0.215. The number of carboxylic acids is 1. The molecule has 0 aliphatic carbocycles. The number of unbranched alkanes of at least 4 members (excludes halogenated alkanes) is 3. The second-order valence-electron chi connectivity index (χ2n) is 8.68. The number of nitrogens with zero attached hydrogens (tertiary/aromatic N) is 1. The molecule has 10 nitrogen and oxygen atoms in total. The number of primary amides is 1. The Morgan fingerprint density at radius 3 is 2.12 bits per heavy atom. The number of Topliss-reactive ketones (excluding diaryl/α,β-unsaturated/α-hetero) is 1. The zero-order valence-electron chi connectivity index (χ0n) is 19.4. The lowest BCUT2D eigenvalue weighted by Gasteiger charge is -2.22. The summed E-state index contributed by atoms with van der Waals surface area (Å²) >= 11 is 0. The van der Waals surface area contributed by atoms with E-state index in [0.29, 0.717) is 38.6 Å². The largest absolute Gasteiger partial charge is 0.480 e. The standard InChI is InChI=1S/C23H35N3O7/c1-15(2)17(22(31)25-18(23(32)33)9-5-6-10-19(24)28)14-16(27)8-4-3-7-13-26-20(29)11-12-21(26)30/h11-12,15,17-18H,3-10,13-14H2,1-2H3,(H2,24,28)(H,25,31)(H,32,33)/t17-,18?/m0/s1. The van der Waals surface area contributed by atoms with Crippen molar-refractivity contribution in [1.29, 1.82) is 0 Å². The summed E-state index contributed by atoms with van der Waals surface area (Å²) < 4.78 is 0. The predicted molar refractivity (Wildman–Crippen MR) is 120 cm³/mol. The molecule has 10 heteroatoms. The van der Waals surface area contributed by atoms with Crippen LogP contribution in [0.15, 0.2) is 12.2 Å². The molecule has 1 aliphatic rings. The smallest absolute Gasteiger partial charge is 0.326 e. The van der Waals surface area contributed by atoms with Crippen molar-refractivity contribution in [3.8, 4) is 0 Å². The number of amides is 4. The molecule has 1 rings (SSSR count). The van der Waals surface area contributed by atoms with Crippen molar-refractivity contribution in [3.05, 3.63) is 12.2 Å². The molecule has 184 valence electrons. The van der Waals surface area contributed by atoms with Crippen molar-refractivity contribution in [2.75, 3.05) is 6.54 Å². The normalized spacial score (nSPS) is 15.1. The highest BCUT2D eigenvalue weighted by Gasteiger charge is 2.29. The molecule has 0 aromatic carbocycles. The van der Waals surface area contributed by atoms with Crippen LogP contribution in [0, 0.1) is 11.8 Å². The molecule has 4 amide bonds. The first-order valence-electron chi connectivity index (χ1n) is 11.4. The Balaban J connectivity index is 2.43. The molecule has 33 heavy (non-hydrogen) atoms. The number of ketones is 1. The van der Waals surface area contributed by atoms with Crippen molar-refractivity contribution < 1.29 is 33.9 Å². The molecule has 1 heterocycles. The minimum absolute atomic E-state index is 0.0184. The molecular weight excluding hydrogens is 430 g/mol. The van der Waals surface area contributed by atoms with E-state index in [2.05, 4.69) is 5.32 Å². The molecule has 0 aromatic rings. The number of hydrogen-bond donors (Lipinski definition) is 3. The predicted octanol–water partition coefficient (Wildman–Crippen LogP) is 1.32. The Bertz CT molecular complexity index is 758. The van der Waals surface area contributed by atoms with Gasteiger partial charge in [0.25, 0.3) is 11.8 Å². The van der Waals surface area contributed by atoms with Crippen LogP contribution >= 0.6 is 0 Å². The van der Waals surface area contributed by atoms with E-state index in [1.165, 1.54) is 12.2 Å². The van der Waals surface area contributed by atoms with Crippen LogP contribution < -0.4 is 11.1 Å². The van der Waals surface area contributed by atoms with Crippen LogP contribution in [-0.2, 0) is 28.8 Å². The molecule has 0 bridgehead atoms. The van der Waals surface area contributed by atoms with Crippen LogP contribution in [0.2, 0.25) is 0 Å². The summed E-state index contributed by atoms with van der Waals surface area (Å²) in [5.41, 5.74) is 5.07. The van der Waals surface area contributed by atoms with Gasteiger partial charge in [0.1, 0.15) is 11.8 Å². The minimum atomic E-state index is -1.17. The van der Waals surface area contributed by atoms with Crippen LogP contribution in [0.5, 0.6) is 0 Å². The molecule has 1 unspecified atom stereocenters. The molecule has 2 atom stereocenters. The molecule has 4 N–H and O–H groups in total. The lowest BCUT2D eigenvalue weighted by molar-refractivity contribution is -0.143. The maximum atomic E-state index is 12.7. The van der Waals surface area contributed by atoms with Gasteiger partial charge >= 0.3 is 5.97 Å². The van der Waals surface area contributed by atoms with Crippen LogP contribution in [-0.4, -0.2) is 58.0 Å². The van der Waals surface area contributed by atoms with E-state index in [9.17, 15) is 33.9 Å². The number of rotatable bonds is 17. The van der Waals surface area contributed by atoms with Gasteiger partial charge in [-0.3, -0.25) is 28.9 Å². The summed E-state index contributed by atoms with van der Waals surface area (Å²) in [5.74, 6) is -3.63. The monoisotopic (exact) mass is 465 g/mol. The maximum Gasteiger partial charge on any atom is 0.326 e. The van der Waals surface area contributed by atoms with Crippen molar-refractivity contribution in [3.63, 3.8) is 0 Å². The number of nitrogens with one attached hydrogen (secondary N) is 1. The second-order valence-corrected chi connectivity index (χ2v) is 8.68. The number of nitrogens with two attached hydrogens (primary N) is 1. The van der Waals surface area contributed by atoms with E-state index in [1.807, 2.05) is 0 Å². The van der Waals surface area contributed by atoms with E-state index in [-0.39, 0.29) is 49.2 Å². The summed E-state index contributed by atoms with van der Waals surface area (Å²) in [7, 11) is 0. The Labute approximate surface area is 193 Å². The van der Waals surface area contributed by atoms with E-state index < -0.39 is 29.7 Å². The van der Waals surface area contributed by atoms with Gasteiger partial charge in [-0.05, 0) is 31.6 Å². The van der Waals surface area contributed by atoms with Gasteiger partial charge in [0, 0.05) is 43.9 Å². The SMILES string of the molecule is CC(C)[C@H](CC(=O)CCCCCN1C(=O)C=CC1=O)C(=O)NC(CCCCC(N)=O)C(=O)O. The summed E-state index contributed by atoms with van der Waals surface area (Å²) in [4.78, 5) is 71.5. The third-order valence-corrected chi connectivity index (χ3v) is 5.61. The first-order chi connectivity index (χ1) is 15.5. The number of imide groups is 1. The van der Waals surface area contributed by atoms with Crippen molar-refractivity contribution in [2.45, 2.75) is 77.7 Å². The summed E-state index contributed by atoms with van der Waals surface area (Å²) in [6.07, 6.45) is 5.79. The molecule has 0 radical (unpaired) electrons. The zero-order chi connectivity index (χ0) is 25.0. The molecule has 0 fully saturated rings. The van der Waals surface area contributed by atoms with E-state index in [4.69, 9.17) is 5.73 Å². The fourth-order valence-electron chi connectivity index (χ4n) is 3.58. The first kappa shape index (κ1) is 28.0. The molecule has 0 saturated carbocycles. The van der Waals surface area contributed by atoms with E-state index in [1.54, 1.807) is 13.8 Å². The van der Waals surface area contributed by atoms with Gasteiger partial charge < -0.3 is 16.2 Å². The minimum Gasteiger partial charge on any atom is -0.480 e. The van der Waals surface area contributed by atoms with Gasteiger partial charge in [0.15, 0.2) is 0 Å². The topological polar surface area (TPSA) is 164 Å². The zero-order valence-corrected chi connectivity index (χ0v) is 19.4. The van der Waals surface area contributed by atoms with Gasteiger partial charge in [0.2, 0.25) is 11.8 Å². The van der Waals surface area contributed by atoms with E-state index >= 15 is 0 Å². The van der Waals surface area contributed by atoms with Gasteiger partial charge in [0.05, 0.1) is 0 Å². The molecule has 1 aliphatic heterocycles. The molecule has 0 aromatic heterocycles. The fourth-order valence-corrected chi connectivity index (χ4v) is 3.58. The number of hydrogen-bond acceptors (Lipinski definition) is 6. The Morgan fingerprint density at radius 1 is 0.970 bits per heavy atom. The van der Waals surface area contributed by atoms with Gasteiger partial charge in [-0.2, -0.15) is 0 Å². The average molecular weight is 466 g/mol. The van der Waals surface area contributed by atoms with Crippen molar-refractivity contribution in [1.82, 2.24) is 10.2 Å².